The zero-order chi connectivity index (χ0) is 13.1. The molecular formula is C13H11BrClFN2. The highest BCUT2D eigenvalue weighted by Gasteiger charge is 2.12. The number of aromatic nitrogens is 1. The fourth-order valence-corrected chi connectivity index (χ4v) is 2.14. The van der Waals surface area contributed by atoms with Gasteiger partial charge in [0.1, 0.15) is 5.82 Å². The first-order valence-corrected chi connectivity index (χ1v) is 6.56. The third kappa shape index (κ3) is 3.00. The van der Waals surface area contributed by atoms with Gasteiger partial charge in [0, 0.05) is 16.2 Å². The minimum Gasteiger partial charge on any atom is -0.376 e. The van der Waals surface area contributed by atoms with E-state index < -0.39 is 0 Å². The van der Waals surface area contributed by atoms with Gasteiger partial charge in [0.25, 0.3) is 0 Å². The molecule has 0 saturated heterocycles. The molecule has 1 aromatic heterocycles. The number of hydrogen-bond donors (Lipinski definition) is 1. The number of halogens is 3. The minimum atomic E-state index is -0.260. The number of nitrogens with one attached hydrogen (secondary N) is 1. The van der Waals surface area contributed by atoms with E-state index >= 15 is 0 Å². The second kappa shape index (κ2) is 5.67. The maximum atomic E-state index is 13.8. The van der Waals surface area contributed by atoms with Crippen molar-refractivity contribution in [3.63, 3.8) is 0 Å². The van der Waals surface area contributed by atoms with Crippen molar-refractivity contribution in [2.24, 2.45) is 0 Å². The lowest BCUT2D eigenvalue weighted by atomic mass is 10.1. The van der Waals surface area contributed by atoms with E-state index in [0.717, 1.165) is 4.47 Å². The predicted octanol–water partition coefficient (Wildman–Crippen LogP) is 4.81. The molecule has 18 heavy (non-hydrogen) atoms. The quantitative estimate of drug-likeness (QED) is 0.874. The first kappa shape index (κ1) is 13.3. The molecule has 2 rings (SSSR count). The standard InChI is InChI=1S/C13H11BrClFN2/c1-8(10-3-2-9(14)6-12(10)16)18-13-7-17-5-4-11(13)15/h2-8,18H,1H3. The molecule has 1 unspecified atom stereocenters. The molecule has 1 aromatic carbocycles. The molecule has 0 bridgehead atoms. The summed E-state index contributed by atoms with van der Waals surface area (Å²) < 4.78 is 14.5. The molecule has 1 atom stereocenters. The normalized spacial score (nSPS) is 12.2. The lowest BCUT2D eigenvalue weighted by Crippen LogP contribution is -2.09. The monoisotopic (exact) mass is 328 g/mol. The van der Waals surface area contributed by atoms with E-state index in [1.54, 1.807) is 30.6 Å². The Hall–Kier alpha value is -1.13. The van der Waals surface area contributed by atoms with Gasteiger partial charge in [-0.25, -0.2) is 4.39 Å². The van der Waals surface area contributed by atoms with Crippen LogP contribution in [0.4, 0.5) is 10.1 Å². The van der Waals surface area contributed by atoms with Gasteiger partial charge in [-0.2, -0.15) is 0 Å². The van der Waals surface area contributed by atoms with E-state index in [-0.39, 0.29) is 11.9 Å². The van der Waals surface area contributed by atoms with Crippen molar-refractivity contribution in [2.45, 2.75) is 13.0 Å². The SMILES string of the molecule is CC(Nc1cnccc1Cl)c1ccc(Br)cc1F. The molecule has 0 aliphatic carbocycles. The molecule has 1 N–H and O–H groups in total. The molecule has 0 spiro atoms. The summed E-state index contributed by atoms with van der Waals surface area (Å²) in [7, 11) is 0. The Kier molecular flexibility index (Phi) is 4.19. The van der Waals surface area contributed by atoms with Gasteiger partial charge in [0.05, 0.1) is 22.9 Å². The van der Waals surface area contributed by atoms with Gasteiger partial charge in [-0.15, -0.1) is 0 Å². The van der Waals surface area contributed by atoms with Crippen LogP contribution in [0.3, 0.4) is 0 Å². The highest BCUT2D eigenvalue weighted by molar-refractivity contribution is 9.10. The summed E-state index contributed by atoms with van der Waals surface area (Å²) in [5, 5.41) is 3.70. The van der Waals surface area contributed by atoms with Crippen molar-refractivity contribution in [2.75, 3.05) is 5.32 Å². The number of pyridine rings is 1. The Morgan fingerprint density at radius 3 is 2.83 bits per heavy atom. The van der Waals surface area contributed by atoms with Crippen molar-refractivity contribution in [1.29, 1.82) is 0 Å². The zero-order valence-electron chi connectivity index (χ0n) is 9.62. The Labute approximate surface area is 118 Å². The van der Waals surface area contributed by atoms with Crippen molar-refractivity contribution < 1.29 is 4.39 Å². The highest BCUT2D eigenvalue weighted by atomic mass is 79.9. The van der Waals surface area contributed by atoms with E-state index in [1.807, 2.05) is 6.92 Å². The molecule has 0 amide bonds. The van der Waals surface area contributed by atoms with Gasteiger partial charge in [0.15, 0.2) is 0 Å². The van der Waals surface area contributed by atoms with Gasteiger partial charge in [-0.05, 0) is 25.1 Å². The molecule has 94 valence electrons. The zero-order valence-corrected chi connectivity index (χ0v) is 12.0. The highest BCUT2D eigenvalue weighted by Crippen LogP contribution is 2.27. The lowest BCUT2D eigenvalue weighted by molar-refractivity contribution is 0.599. The molecule has 0 radical (unpaired) electrons. The van der Waals surface area contributed by atoms with Gasteiger partial charge in [0.2, 0.25) is 0 Å². The molecule has 1 heterocycles. The number of benzene rings is 1. The third-order valence-corrected chi connectivity index (χ3v) is 3.39. The topological polar surface area (TPSA) is 24.9 Å². The van der Waals surface area contributed by atoms with Crippen LogP contribution in [0.15, 0.2) is 41.1 Å². The van der Waals surface area contributed by atoms with E-state index in [2.05, 4.69) is 26.2 Å². The molecule has 2 nitrogen and oxygen atoms in total. The van der Waals surface area contributed by atoms with Crippen LogP contribution < -0.4 is 5.32 Å². The van der Waals surface area contributed by atoms with E-state index in [0.29, 0.717) is 16.3 Å². The smallest absolute Gasteiger partial charge is 0.129 e. The molecule has 0 fully saturated rings. The lowest BCUT2D eigenvalue weighted by Gasteiger charge is -2.17. The fourth-order valence-electron chi connectivity index (χ4n) is 1.65. The largest absolute Gasteiger partial charge is 0.376 e. The summed E-state index contributed by atoms with van der Waals surface area (Å²) in [4.78, 5) is 3.98. The van der Waals surface area contributed by atoms with E-state index in [1.165, 1.54) is 6.07 Å². The summed E-state index contributed by atoms with van der Waals surface area (Å²) in [6.07, 6.45) is 3.23. The Morgan fingerprint density at radius 2 is 2.17 bits per heavy atom. The number of nitrogens with zero attached hydrogens (tertiary/aromatic N) is 1. The number of hydrogen-bond acceptors (Lipinski definition) is 2. The Morgan fingerprint density at radius 1 is 1.39 bits per heavy atom. The van der Waals surface area contributed by atoms with Gasteiger partial charge in [-0.1, -0.05) is 33.6 Å². The first-order valence-electron chi connectivity index (χ1n) is 5.39. The summed E-state index contributed by atoms with van der Waals surface area (Å²) in [5.41, 5.74) is 1.27. The van der Waals surface area contributed by atoms with Crippen LogP contribution in [0, 0.1) is 5.82 Å². The molecule has 0 saturated carbocycles. The van der Waals surface area contributed by atoms with Gasteiger partial charge in [-0.3, -0.25) is 4.98 Å². The van der Waals surface area contributed by atoms with E-state index in [9.17, 15) is 4.39 Å². The second-order valence-electron chi connectivity index (χ2n) is 3.89. The van der Waals surface area contributed by atoms with Crippen molar-refractivity contribution in [1.82, 2.24) is 4.98 Å². The third-order valence-electron chi connectivity index (χ3n) is 2.57. The van der Waals surface area contributed by atoms with Crippen LogP contribution in [-0.2, 0) is 0 Å². The molecule has 0 aliphatic rings. The first-order chi connectivity index (χ1) is 8.58. The maximum Gasteiger partial charge on any atom is 0.129 e. The average Bonchev–Trinajstić information content (AvgIpc) is 2.32. The number of rotatable bonds is 3. The molecule has 5 heteroatoms. The van der Waals surface area contributed by atoms with Crippen molar-refractivity contribution >= 4 is 33.2 Å². The van der Waals surface area contributed by atoms with Gasteiger partial charge < -0.3 is 5.32 Å². The van der Waals surface area contributed by atoms with Gasteiger partial charge >= 0.3 is 0 Å². The minimum absolute atomic E-state index is 0.195. The molecule has 0 aliphatic heterocycles. The fraction of sp³-hybridized carbons (Fsp3) is 0.154. The Balaban J connectivity index is 2.22. The summed E-state index contributed by atoms with van der Waals surface area (Å²) in [6.45, 7) is 1.87. The number of anilines is 1. The van der Waals surface area contributed by atoms with Crippen molar-refractivity contribution in [3.05, 3.63) is 57.5 Å². The van der Waals surface area contributed by atoms with Crippen LogP contribution >= 0.6 is 27.5 Å². The summed E-state index contributed by atoms with van der Waals surface area (Å²) in [6, 6.07) is 6.48. The van der Waals surface area contributed by atoms with E-state index in [4.69, 9.17) is 11.6 Å². The molecule has 2 aromatic rings. The average molecular weight is 330 g/mol. The maximum absolute atomic E-state index is 13.8. The van der Waals surface area contributed by atoms with Crippen LogP contribution in [0.25, 0.3) is 0 Å². The van der Waals surface area contributed by atoms with Crippen LogP contribution in [0.2, 0.25) is 5.02 Å². The molecular weight excluding hydrogens is 319 g/mol. The van der Waals surface area contributed by atoms with Crippen molar-refractivity contribution in [3.8, 4) is 0 Å². The summed E-state index contributed by atoms with van der Waals surface area (Å²) >= 11 is 9.25. The Bertz CT molecular complexity index is 562. The van der Waals surface area contributed by atoms with Crippen LogP contribution in [0.5, 0.6) is 0 Å². The summed E-state index contributed by atoms with van der Waals surface area (Å²) in [5.74, 6) is -0.260. The van der Waals surface area contributed by atoms with Crippen LogP contribution in [0.1, 0.15) is 18.5 Å². The second-order valence-corrected chi connectivity index (χ2v) is 5.21. The van der Waals surface area contributed by atoms with Crippen LogP contribution in [-0.4, -0.2) is 4.98 Å². The predicted molar refractivity (Wildman–Crippen MR) is 75.4 cm³/mol.